The molecule has 4 nitrogen and oxygen atoms in total. The van der Waals surface area contributed by atoms with Crippen molar-refractivity contribution in [1.29, 1.82) is 0 Å². The fourth-order valence-corrected chi connectivity index (χ4v) is 5.43. The zero-order chi connectivity index (χ0) is 15.2. The summed E-state index contributed by atoms with van der Waals surface area (Å²) in [6.07, 6.45) is 5.72. The predicted molar refractivity (Wildman–Crippen MR) is 91.2 cm³/mol. The largest absolute Gasteiger partial charge is 0.305 e. The average Bonchev–Trinajstić information content (AvgIpc) is 2.46. The Morgan fingerprint density at radius 3 is 2.00 bits per heavy atom. The van der Waals surface area contributed by atoms with Crippen molar-refractivity contribution in [3.05, 3.63) is 0 Å². The lowest BCUT2D eigenvalue weighted by molar-refractivity contribution is -0.0511. The molecule has 0 amide bonds. The van der Waals surface area contributed by atoms with Gasteiger partial charge < -0.3 is 14.7 Å². The van der Waals surface area contributed by atoms with Crippen molar-refractivity contribution >= 4 is 0 Å². The minimum Gasteiger partial charge on any atom is -0.305 e. The van der Waals surface area contributed by atoms with E-state index in [9.17, 15) is 0 Å². The Balaban J connectivity index is 1.20. The van der Waals surface area contributed by atoms with Gasteiger partial charge >= 0.3 is 0 Å². The highest BCUT2D eigenvalue weighted by atomic mass is 15.3. The lowest BCUT2D eigenvalue weighted by Crippen LogP contribution is -2.62. The molecule has 4 heterocycles. The predicted octanol–water partition coefficient (Wildman–Crippen LogP) is 1.18. The number of likely N-dealkylation sites (N-methyl/N-ethyl adjacent to an activating group) is 1. The maximum atomic E-state index is 2.83. The minimum atomic E-state index is 0.710. The summed E-state index contributed by atoms with van der Waals surface area (Å²) < 4.78 is 0. The van der Waals surface area contributed by atoms with E-state index >= 15 is 0 Å². The molecule has 0 aliphatic carbocycles. The summed E-state index contributed by atoms with van der Waals surface area (Å²) >= 11 is 0. The zero-order valence-corrected chi connectivity index (χ0v) is 14.6. The summed E-state index contributed by atoms with van der Waals surface area (Å²) in [6, 6.07) is 1.75. The quantitative estimate of drug-likeness (QED) is 0.776. The van der Waals surface area contributed by atoms with Gasteiger partial charge in [0.25, 0.3) is 0 Å². The van der Waals surface area contributed by atoms with Crippen molar-refractivity contribution in [3.8, 4) is 0 Å². The number of piperidine rings is 2. The topological polar surface area (TPSA) is 13.0 Å². The van der Waals surface area contributed by atoms with Crippen LogP contribution in [0.5, 0.6) is 0 Å². The summed E-state index contributed by atoms with van der Waals surface area (Å²) in [7, 11) is 2.27. The van der Waals surface area contributed by atoms with Gasteiger partial charge in [0.2, 0.25) is 0 Å². The molecule has 0 saturated carbocycles. The fourth-order valence-electron chi connectivity index (χ4n) is 5.43. The Labute approximate surface area is 136 Å². The second-order valence-electron chi connectivity index (χ2n) is 8.48. The van der Waals surface area contributed by atoms with Gasteiger partial charge in [-0.15, -0.1) is 0 Å². The summed E-state index contributed by atoms with van der Waals surface area (Å²) in [4.78, 5) is 10.7. The zero-order valence-electron chi connectivity index (χ0n) is 14.6. The van der Waals surface area contributed by atoms with Crippen molar-refractivity contribution in [3.63, 3.8) is 0 Å². The van der Waals surface area contributed by atoms with Crippen LogP contribution in [0.3, 0.4) is 0 Å². The van der Waals surface area contributed by atoms with Crippen LogP contribution in [0.1, 0.15) is 32.6 Å². The first-order valence-corrected chi connectivity index (χ1v) is 9.56. The van der Waals surface area contributed by atoms with Crippen molar-refractivity contribution < 1.29 is 0 Å². The van der Waals surface area contributed by atoms with Crippen molar-refractivity contribution in [1.82, 2.24) is 19.6 Å². The first-order valence-electron chi connectivity index (χ1n) is 9.56. The van der Waals surface area contributed by atoms with Crippen LogP contribution in [-0.4, -0.2) is 97.6 Å². The smallest absolute Gasteiger partial charge is 0.0350 e. The van der Waals surface area contributed by atoms with Gasteiger partial charge in [-0.1, -0.05) is 6.92 Å². The van der Waals surface area contributed by atoms with Gasteiger partial charge in [0.05, 0.1) is 0 Å². The summed E-state index contributed by atoms with van der Waals surface area (Å²) in [5.74, 6) is 0. The van der Waals surface area contributed by atoms with Crippen LogP contribution in [0.25, 0.3) is 0 Å². The Hall–Kier alpha value is -0.160. The molecule has 0 bridgehead atoms. The van der Waals surface area contributed by atoms with Crippen LogP contribution in [0.2, 0.25) is 0 Å². The summed E-state index contributed by atoms with van der Waals surface area (Å²) in [5.41, 5.74) is 0.710. The number of likely N-dealkylation sites (tertiary alicyclic amines) is 4. The van der Waals surface area contributed by atoms with E-state index < -0.39 is 0 Å². The Morgan fingerprint density at radius 1 is 0.864 bits per heavy atom. The third-order valence-corrected chi connectivity index (χ3v) is 6.99. The minimum absolute atomic E-state index is 0.710. The van der Waals surface area contributed by atoms with E-state index in [0.29, 0.717) is 5.41 Å². The van der Waals surface area contributed by atoms with Crippen LogP contribution < -0.4 is 0 Å². The molecule has 4 saturated heterocycles. The summed E-state index contributed by atoms with van der Waals surface area (Å²) in [6.45, 7) is 14.3. The third-order valence-electron chi connectivity index (χ3n) is 6.99. The van der Waals surface area contributed by atoms with Gasteiger partial charge in [0.15, 0.2) is 0 Å². The van der Waals surface area contributed by atoms with Gasteiger partial charge in [0.1, 0.15) is 0 Å². The monoisotopic (exact) mass is 306 g/mol. The summed E-state index contributed by atoms with van der Waals surface area (Å²) in [5, 5.41) is 0. The lowest BCUT2D eigenvalue weighted by Gasteiger charge is -2.55. The highest BCUT2D eigenvalue weighted by molar-refractivity contribution is 4.98. The van der Waals surface area contributed by atoms with Crippen molar-refractivity contribution in [2.75, 3.05) is 66.0 Å². The maximum Gasteiger partial charge on any atom is 0.0350 e. The van der Waals surface area contributed by atoms with Crippen LogP contribution in [0.15, 0.2) is 0 Å². The standard InChI is InChI=1S/C18H34N4/c1-3-20-12-17(13-20)21-8-4-16(5-9-21)22-10-6-18(7-11-22)14-19(2)15-18/h16-17H,3-15H2,1-2H3. The molecule has 0 aromatic rings. The molecule has 0 aromatic carbocycles. The first kappa shape index (κ1) is 15.4. The molecule has 4 aliphatic rings. The van der Waals surface area contributed by atoms with E-state index in [1.807, 2.05) is 0 Å². The van der Waals surface area contributed by atoms with E-state index in [-0.39, 0.29) is 0 Å². The highest BCUT2D eigenvalue weighted by Gasteiger charge is 2.44. The number of rotatable bonds is 3. The fraction of sp³-hybridized carbons (Fsp3) is 1.00. The van der Waals surface area contributed by atoms with Crippen LogP contribution in [-0.2, 0) is 0 Å². The van der Waals surface area contributed by atoms with E-state index in [4.69, 9.17) is 0 Å². The van der Waals surface area contributed by atoms with Gasteiger partial charge in [-0.05, 0) is 57.8 Å². The number of hydrogen-bond donors (Lipinski definition) is 0. The molecule has 1 spiro atoms. The van der Waals surface area contributed by atoms with Crippen LogP contribution >= 0.6 is 0 Å². The maximum absolute atomic E-state index is 2.83. The number of nitrogens with zero attached hydrogens (tertiary/aromatic N) is 4. The molecule has 0 aromatic heterocycles. The molecule has 4 heteroatoms. The molecule has 4 rings (SSSR count). The molecule has 4 aliphatic heterocycles. The molecule has 0 unspecified atom stereocenters. The Bertz CT molecular complexity index is 369. The van der Waals surface area contributed by atoms with Crippen LogP contribution in [0.4, 0.5) is 0 Å². The van der Waals surface area contributed by atoms with Crippen molar-refractivity contribution in [2.45, 2.75) is 44.7 Å². The second-order valence-corrected chi connectivity index (χ2v) is 8.48. The van der Waals surface area contributed by atoms with E-state index in [1.54, 1.807) is 0 Å². The molecule has 0 atom stereocenters. The molecule has 0 N–H and O–H groups in total. The normalized spacial score (nSPS) is 33.0. The molecule has 0 radical (unpaired) electrons. The SMILES string of the molecule is CCN1CC(N2CCC(N3CCC4(CC3)CN(C)C4)CC2)C1. The van der Waals surface area contributed by atoms with E-state index in [0.717, 1.165) is 12.1 Å². The van der Waals surface area contributed by atoms with E-state index in [2.05, 4.69) is 33.6 Å². The molecular weight excluding hydrogens is 272 g/mol. The number of hydrogen-bond acceptors (Lipinski definition) is 4. The van der Waals surface area contributed by atoms with Gasteiger partial charge in [0, 0.05) is 51.4 Å². The second kappa shape index (κ2) is 6.04. The van der Waals surface area contributed by atoms with E-state index in [1.165, 1.54) is 84.6 Å². The van der Waals surface area contributed by atoms with Crippen molar-refractivity contribution in [2.24, 2.45) is 5.41 Å². The van der Waals surface area contributed by atoms with Gasteiger partial charge in [-0.3, -0.25) is 4.90 Å². The van der Waals surface area contributed by atoms with Gasteiger partial charge in [-0.25, -0.2) is 0 Å². The molecule has 4 fully saturated rings. The molecular formula is C18H34N4. The Kier molecular flexibility index (Phi) is 4.22. The highest BCUT2D eigenvalue weighted by Crippen LogP contribution is 2.40. The molecule has 22 heavy (non-hydrogen) atoms. The van der Waals surface area contributed by atoms with Gasteiger partial charge in [-0.2, -0.15) is 0 Å². The first-order chi connectivity index (χ1) is 10.7. The molecule has 126 valence electrons. The Morgan fingerprint density at radius 2 is 1.45 bits per heavy atom. The lowest BCUT2D eigenvalue weighted by atomic mass is 9.72. The van der Waals surface area contributed by atoms with Crippen LogP contribution in [0, 0.1) is 5.41 Å². The average molecular weight is 306 g/mol. The third kappa shape index (κ3) is 2.83.